The van der Waals surface area contributed by atoms with Crippen LogP contribution in [0.3, 0.4) is 0 Å². The van der Waals surface area contributed by atoms with E-state index in [1.54, 1.807) is 13.2 Å². The molecule has 0 aromatic carbocycles. The maximum absolute atomic E-state index is 4.49. The van der Waals surface area contributed by atoms with Crippen LogP contribution in [0.25, 0.3) is 0 Å². The van der Waals surface area contributed by atoms with Crippen molar-refractivity contribution in [2.45, 2.75) is 25.9 Å². The minimum Gasteiger partial charge on any atom is -0.357 e. The Morgan fingerprint density at radius 3 is 2.67 bits per heavy atom. The number of anilines is 1. The van der Waals surface area contributed by atoms with Crippen LogP contribution in [0, 0.1) is 0 Å². The first kappa shape index (κ1) is 16.2. The normalized spacial score (nSPS) is 14.7. The lowest BCUT2D eigenvalue weighted by Crippen LogP contribution is -2.36. The third-order valence-corrected chi connectivity index (χ3v) is 4.09. The van der Waals surface area contributed by atoms with E-state index in [4.69, 9.17) is 0 Å². The fourth-order valence-corrected chi connectivity index (χ4v) is 2.77. The van der Waals surface area contributed by atoms with Crippen LogP contribution in [0.4, 0.5) is 5.82 Å². The maximum Gasteiger partial charge on any atom is 0.191 e. The molecule has 1 saturated heterocycles. The Morgan fingerprint density at radius 1 is 1.08 bits per heavy atom. The number of guanidine groups is 1. The average Bonchev–Trinajstić information content (AvgIpc) is 3.18. The lowest BCUT2D eigenvalue weighted by atomic mass is 10.2. The zero-order valence-electron chi connectivity index (χ0n) is 14.1. The van der Waals surface area contributed by atoms with E-state index >= 15 is 0 Å². The van der Waals surface area contributed by atoms with Crippen LogP contribution in [-0.2, 0) is 13.1 Å². The molecule has 3 rings (SSSR count). The van der Waals surface area contributed by atoms with E-state index in [-0.39, 0.29) is 0 Å². The summed E-state index contributed by atoms with van der Waals surface area (Å²) in [6.07, 6.45) is 6.20. The quantitative estimate of drug-likeness (QED) is 0.650. The van der Waals surface area contributed by atoms with Crippen molar-refractivity contribution in [3.8, 4) is 0 Å². The minimum atomic E-state index is 0.649. The molecule has 126 valence electrons. The molecule has 24 heavy (non-hydrogen) atoms. The van der Waals surface area contributed by atoms with Crippen molar-refractivity contribution in [2.75, 3.05) is 25.0 Å². The van der Waals surface area contributed by atoms with Crippen molar-refractivity contribution in [1.82, 2.24) is 20.6 Å². The summed E-state index contributed by atoms with van der Waals surface area (Å²) in [5.41, 5.74) is 2.19. The molecule has 0 atom stereocenters. The number of nitrogens with one attached hydrogen (secondary N) is 2. The van der Waals surface area contributed by atoms with Gasteiger partial charge in [-0.3, -0.25) is 9.98 Å². The molecule has 0 aliphatic carbocycles. The van der Waals surface area contributed by atoms with Crippen molar-refractivity contribution < 1.29 is 0 Å². The molecule has 2 N–H and O–H groups in total. The smallest absolute Gasteiger partial charge is 0.191 e. The molecule has 0 saturated carbocycles. The van der Waals surface area contributed by atoms with Gasteiger partial charge in [0.05, 0.1) is 12.2 Å². The Labute approximate surface area is 143 Å². The number of pyridine rings is 2. The summed E-state index contributed by atoms with van der Waals surface area (Å²) < 4.78 is 0. The molecule has 2 aromatic heterocycles. The standard InChI is InChI=1S/C18H24N6/c1-19-18(23-14-16-6-2-3-8-20-16)22-13-15-7-9-21-17(12-15)24-10-4-5-11-24/h2-3,6-9,12H,4-5,10-11,13-14H2,1H3,(H2,19,22,23). The van der Waals surface area contributed by atoms with Crippen LogP contribution in [0.2, 0.25) is 0 Å². The van der Waals surface area contributed by atoms with Gasteiger partial charge in [-0.25, -0.2) is 4.98 Å². The predicted octanol–water partition coefficient (Wildman–Crippen LogP) is 1.94. The molecule has 1 aliphatic rings. The number of aliphatic imine (C=N–C) groups is 1. The second-order valence-electron chi connectivity index (χ2n) is 5.82. The molecule has 1 aliphatic heterocycles. The summed E-state index contributed by atoms with van der Waals surface area (Å²) >= 11 is 0. The fourth-order valence-electron chi connectivity index (χ4n) is 2.77. The third kappa shape index (κ3) is 4.44. The van der Waals surface area contributed by atoms with Crippen molar-refractivity contribution in [2.24, 2.45) is 4.99 Å². The number of nitrogens with zero attached hydrogens (tertiary/aromatic N) is 4. The number of aromatic nitrogens is 2. The lowest BCUT2D eigenvalue weighted by Gasteiger charge is -2.17. The molecular formula is C18H24N6. The first-order chi connectivity index (χ1) is 11.8. The van der Waals surface area contributed by atoms with Gasteiger partial charge in [-0.2, -0.15) is 0 Å². The highest BCUT2D eigenvalue weighted by Gasteiger charge is 2.13. The number of hydrogen-bond donors (Lipinski definition) is 2. The monoisotopic (exact) mass is 324 g/mol. The van der Waals surface area contributed by atoms with Gasteiger partial charge in [0.1, 0.15) is 5.82 Å². The molecule has 0 unspecified atom stereocenters. The number of hydrogen-bond acceptors (Lipinski definition) is 4. The van der Waals surface area contributed by atoms with Crippen molar-refractivity contribution >= 4 is 11.8 Å². The molecule has 0 radical (unpaired) electrons. The lowest BCUT2D eigenvalue weighted by molar-refractivity contribution is 0.792. The average molecular weight is 324 g/mol. The summed E-state index contributed by atoms with van der Waals surface area (Å²) in [6, 6.07) is 10.1. The molecule has 6 nitrogen and oxygen atoms in total. The van der Waals surface area contributed by atoms with Crippen LogP contribution < -0.4 is 15.5 Å². The molecule has 0 spiro atoms. The Balaban J connectivity index is 1.53. The van der Waals surface area contributed by atoms with Crippen LogP contribution in [0.5, 0.6) is 0 Å². The van der Waals surface area contributed by atoms with E-state index in [9.17, 15) is 0 Å². The van der Waals surface area contributed by atoms with Crippen LogP contribution in [0.1, 0.15) is 24.1 Å². The molecule has 1 fully saturated rings. The summed E-state index contributed by atoms with van der Waals surface area (Å²) in [6.45, 7) is 3.58. The van der Waals surface area contributed by atoms with E-state index in [0.717, 1.165) is 30.6 Å². The van der Waals surface area contributed by atoms with Crippen molar-refractivity contribution in [1.29, 1.82) is 0 Å². The zero-order valence-corrected chi connectivity index (χ0v) is 14.1. The molecule has 0 amide bonds. The molecule has 3 heterocycles. The van der Waals surface area contributed by atoms with Crippen molar-refractivity contribution in [3.63, 3.8) is 0 Å². The van der Waals surface area contributed by atoms with E-state index in [0.29, 0.717) is 13.1 Å². The van der Waals surface area contributed by atoms with Gasteiger partial charge in [0.25, 0.3) is 0 Å². The van der Waals surface area contributed by atoms with Gasteiger partial charge < -0.3 is 15.5 Å². The van der Waals surface area contributed by atoms with Crippen LogP contribution in [0.15, 0.2) is 47.7 Å². The second kappa shape index (κ2) is 8.29. The predicted molar refractivity (Wildman–Crippen MR) is 97.0 cm³/mol. The van der Waals surface area contributed by atoms with Gasteiger partial charge in [-0.1, -0.05) is 6.07 Å². The Bertz CT molecular complexity index is 664. The summed E-state index contributed by atoms with van der Waals surface area (Å²) in [7, 11) is 1.77. The zero-order chi connectivity index (χ0) is 16.6. The molecule has 6 heteroatoms. The minimum absolute atomic E-state index is 0.649. The SMILES string of the molecule is CN=C(NCc1ccnc(N2CCCC2)c1)NCc1ccccn1. The van der Waals surface area contributed by atoms with E-state index in [1.165, 1.54) is 18.4 Å². The van der Waals surface area contributed by atoms with E-state index < -0.39 is 0 Å². The van der Waals surface area contributed by atoms with Gasteiger partial charge in [0.15, 0.2) is 5.96 Å². The maximum atomic E-state index is 4.49. The molecular weight excluding hydrogens is 300 g/mol. The molecule has 0 bridgehead atoms. The largest absolute Gasteiger partial charge is 0.357 e. The first-order valence-electron chi connectivity index (χ1n) is 8.39. The third-order valence-electron chi connectivity index (χ3n) is 4.09. The first-order valence-corrected chi connectivity index (χ1v) is 8.39. The number of rotatable bonds is 5. The summed E-state index contributed by atoms with van der Waals surface area (Å²) in [5.74, 6) is 1.84. The Kier molecular flexibility index (Phi) is 5.61. The Hall–Kier alpha value is -2.63. The van der Waals surface area contributed by atoms with E-state index in [1.807, 2.05) is 30.5 Å². The fraction of sp³-hybridized carbons (Fsp3) is 0.389. The Morgan fingerprint density at radius 2 is 1.92 bits per heavy atom. The highest BCUT2D eigenvalue weighted by molar-refractivity contribution is 5.79. The summed E-state index contributed by atoms with van der Waals surface area (Å²) in [5, 5.41) is 6.61. The van der Waals surface area contributed by atoms with E-state index in [2.05, 4.69) is 36.6 Å². The van der Waals surface area contributed by atoms with Crippen LogP contribution >= 0.6 is 0 Å². The highest BCUT2D eigenvalue weighted by Crippen LogP contribution is 2.18. The van der Waals surface area contributed by atoms with Gasteiger partial charge in [-0.05, 0) is 42.7 Å². The van der Waals surface area contributed by atoms with Crippen LogP contribution in [-0.4, -0.2) is 36.1 Å². The van der Waals surface area contributed by atoms with Gasteiger partial charge in [-0.15, -0.1) is 0 Å². The van der Waals surface area contributed by atoms with Crippen molar-refractivity contribution in [3.05, 3.63) is 54.0 Å². The summed E-state index contributed by atoms with van der Waals surface area (Å²) in [4.78, 5) is 15.4. The topological polar surface area (TPSA) is 65.4 Å². The van der Waals surface area contributed by atoms with Gasteiger partial charge in [0.2, 0.25) is 0 Å². The second-order valence-corrected chi connectivity index (χ2v) is 5.82. The highest BCUT2D eigenvalue weighted by atomic mass is 15.2. The van der Waals surface area contributed by atoms with Gasteiger partial charge in [0, 0.05) is 39.1 Å². The van der Waals surface area contributed by atoms with Gasteiger partial charge >= 0.3 is 0 Å². The molecule has 2 aromatic rings.